The molecule has 174 valence electrons. The van der Waals surface area contributed by atoms with Gasteiger partial charge in [-0.25, -0.2) is 4.98 Å². The van der Waals surface area contributed by atoms with Gasteiger partial charge in [-0.2, -0.15) is 0 Å². The van der Waals surface area contributed by atoms with Crippen molar-refractivity contribution in [1.29, 1.82) is 0 Å². The molecule has 1 amide bonds. The molecule has 0 spiro atoms. The smallest absolute Gasteiger partial charge is 0.263 e. The Balaban J connectivity index is 1.53. The van der Waals surface area contributed by atoms with E-state index in [4.69, 9.17) is 16.6 Å². The lowest BCUT2D eigenvalue weighted by Gasteiger charge is -2.26. The number of likely N-dealkylation sites (tertiary alicyclic amines) is 1. The third kappa shape index (κ3) is 4.92. The summed E-state index contributed by atoms with van der Waals surface area (Å²) in [4.78, 5) is 34.1. The Morgan fingerprint density at radius 2 is 1.76 bits per heavy atom. The number of carbonyl (C=O) groups is 1. The number of benzene rings is 2. The van der Waals surface area contributed by atoms with Crippen LogP contribution in [0.5, 0.6) is 0 Å². The van der Waals surface area contributed by atoms with Crippen molar-refractivity contribution < 1.29 is 4.79 Å². The standard InChI is InChI=1S/C26H24ClN3O2S2/c27-20-11-9-19(10-12-20)21-16-33-24-23(21)25(32)30(15-18-7-3-1-4-8-18)26(28-24)34-17-22(31)29-13-5-2-6-14-29/h1,3-4,7-12,16H,2,5-6,13-15,17H2. The summed E-state index contributed by atoms with van der Waals surface area (Å²) in [5.41, 5.74) is 2.71. The fourth-order valence-corrected chi connectivity index (χ4v) is 6.24. The molecule has 1 fully saturated rings. The minimum Gasteiger partial charge on any atom is -0.342 e. The summed E-state index contributed by atoms with van der Waals surface area (Å²) in [6.45, 7) is 2.04. The molecule has 1 aliphatic heterocycles. The van der Waals surface area contributed by atoms with Crippen LogP contribution in [0.2, 0.25) is 5.02 Å². The molecule has 0 aliphatic carbocycles. The van der Waals surface area contributed by atoms with Crippen molar-refractivity contribution in [3.05, 3.63) is 80.9 Å². The zero-order chi connectivity index (χ0) is 23.5. The van der Waals surface area contributed by atoms with E-state index < -0.39 is 0 Å². The fourth-order valence-electron chi connectivity index (χ4n) is 4.22. The van der Waals surface area contributed by atoms with E-state index >= 15 is 0 Å². The third-order valence-corrected chi connectivity index (χ3v) is 8.12. The number of piperidine rings is 1. The van der Waals surface area contributed by atoms with Crippen LogP contribution in [0, 0.1) is 0 Å². The number of thiophene rings is 1. The van der Waals surface area contributed by atoms with E-state index in [9.17, 15) is 9.59 Å². The minimum atomic E-state index is -0.0898. The molecule has 5 nitrogen and oxygen atoms in total. The second-order valence-electron chi connectivity index (χ2n) is 8.34. The number of halogens is 1. The molecule has 8 heteroatoms. The number of thioether (sulfide) groups is 1. The Hall–Kier alpha value is -2.61. The molecule has 34 heavy (non-hydrogen) atoms. The molecule has 0 radical (unpaired) electrons. The predicted molar refractivity (Wildman–Crippen MR) is 141 cm³/mol. The molecule has 0 unspecified atom stereocenters. The van der Waals surface area contributed by atoms with Crippen LogP contribution in [-0.2, 0) is 11.3 Å². The van der Waals surface area contributed by atoms with Gasteiger partial charge in [-0.05, 0) is 42.5 Å². The quantitative estimate of drug-likeness (QED) is 0.239. The Bertz CT molecular complexity index is 1360. The highest BCUT2D eigenvalue weighted by atomic mass is 35.5. The maximum Gasteiger partial charge on any atom is 0.263 e. The van der Waals surface area contributed by atoms with E-state index in [0.29, 0.717) is 26.9 Å². The maximum atomic E-state index is 13.8. The predicted octanol–water partition coefficient (Wildman–Crippen LogP) is 5.93. The number of amides is 1. The van der Waals surface area contributed by atoms with Gasteiger partial charge in [0.1, 0.15) is 4.83 Å². The largest absolute Gasteiger partial charge is 0.342 e. The number of fused-ring (bicyclic) bond motifs is 1. The molecular weight excluding hydrogens is 486 g/mol. The maximum absolute atomic E-state index is 13.8. The fraction of sp³-hybridized carbons (Fsp3) is 0.269. The summed E-state index contributed by atoms with van der Waals surface area (Å²) in [5, 5.41) is 3.81. The molecule has 0 bridgehead atoms. The first-order valence-electron chi connectivity index (χ1n) is 11.3. The number of aromatic nitrogens is 2. The van der Waals surface area contributed by atoms with E-state index in [0.717, 1.165) is 42.6 Å². The molecule has 2 aromatic carbocycles. The summed E-state index contributed by atoms with van der Waals surface area (Å²) in [5.74, 6) is 0.389. The molecule has 2 aromatic heterocycles. The number of hydrogen-bond acceptors (Lipinski definition) is 5. The van der Waals surface area contributed by atoms with Gasteiger partial charge in [0.25, 0.3) is 5.56 Å². The van der Waals surface area contributed by atoms with Gasteiger partial charge in [0.05, 0.1) is 17.7 Å². The van der Waals surface area contributed by atoms with Crippen LogP contribution in [0.25, 0.3) is 21.3 Å². The van der Waals surface area contributed by atoms with Crippen molar-refractivity contribution in [3.8, 4) is 11.1 Å². The lowest BCUT2D eigenvalue weighted by molar-refractivity contribution is -0.129. The Morgan fingerprint density at radius 1 is 1.03 bits per heavy atom. The highest BCUT2D eigenvalue weighted by Gasteiger charge is 2.21. The Morgan fingerprint density at radius 3 is 2.50 bits per heavy atom. The molecule has 1 aliphatic rings. The van der Waals surface area contributed by atoms with E-state index in [2.05, 4.69) is 0 Å². The number of rotatable bonds is 6. The Kier molecular flexibility index (Phi) is 7.04. The highest BCUT2D eigenvalue weighted by molar-refractivity contribution is 7.99. The molecule has 0 N–H and O–H groups in total. The first kappa shape index (κ1) is 23.1. The van der Waals surface area contributed by atoms with E-state index in [-0.39, 0.29) is 17.2 Å². The SMILES string of the molecule is O=C(CSc1nc2scc(-c3ccc(Cl)cc3)c2c(=O)n1Cc1ccccc1)N1CCCCC1. The first-order valence-corrected chi connectivity index (χ1v) is 13.6. The van der Waals surface area contributed by atoms with Gasteiger partial charge in [0.2, 0.25) is 5.91 Å². The van der Waals surface area contributed by atoms with Crippen molar-refractivity contribution in [2.75, 3.05) is 18.8 Å². The number of carbonyl (C=O) groups excluding carboxylic acids is 1. The van der Waals surface area contributed by atoms with Crippen LogP contribution in [0.15, 0.2) is 69.9 Å². The van der Waals surface area contributed by atoms with Crippen LogP contribution in [-0.4, -0.2) is 39.2 Å². The lowest BCUT2D eigenvalue weighted by atomic mass is 10.1. The number of nitrogens with zero attached hydrogens (tertiary/aromatic N) is 3. The van der Waals surface area contributed by atoms with E-state index in [1.54, 1.807) is 4.57 Å². The molecule has 4 aromatic rings. The number of hydrogen-bond donors (Lipinski definition) is 0. The monoisotopic (exact) mass is 509 g/mol. The second kappa shape index (κ2) is 10.3. The molecule has 0 atom stereocenters. The van der Waals surface area contributed by atoms with Gasteiger partial charge in [-0.3, -0.25) is 14.2 Å². The van der Waals surface area contributed by atoms with Gasteiger partial charge in [0, 0.05) is 29.1 Å². The van der Waals surface area contributed by atoms with Crippen LogP contribution < -0.4 is 5.56 Å². The van der Waals surface area contributed by atoms with Gasteiger partial charge in [-0.15, -0.1) is 11.3 Å². The normalized spacial score (nSPS) is 14.0. The molecule has 0 saturated carbocycles. The third-order valence-electron chi connectivity index (χ3n) is 6.03. The second-order valence-corrected chi connectivity index (χ2v) is 10.6. The molecule has 1 saturated heterocycles. The molecule has 3 heterocycles. The van der Waals surface area contributed by atoms with Gasteiger partial charge in [-0.1, -0.05) is 65.8 Å². The summed E-state index contributed by atoms with van der Waals surface area (Å²) in [6, 6.07) is 17.4. The Labute approximate surface area is 211 Å². The van der Waals surface area contributed by atoms with Crippen molar-refractivity contribution >= 4 is 50.8 Å². The zero-order valence-corrected chi connectivity index (χ0v) is 21.0. The van der Waals surface area contributed by atoms with Crippen LogP contribution >= 0.6 is 34.7 Å². The summed E-state index contributed by atoms with van der Waals surface area (Å²) in [6.07, 6.45) is 3.30. The van der Waals surface area contributed by atoms with Crippen molar-refractivity contribution in [2.45, 2.75) is 31.0 Å². The van der Waals surface area contributed by atoms with Crippen LogP contribution in [0.3, 0.4) is 0 Å². The van der Waals surface area contributed by atoms with Crippen LogP contribution in [0.1, 0.15) is 24.8 Å². The van der Waals surface area contributed by atoms with Crippen molar-refractivity contribution in [2.24, 2.45) is 0 Å². The first-order chi connectivity index (χ1) is 16.6. The summed E-state index contributed by atoms with van der Waals surface area (Å²) in [7, 11) is 0. The minimum absolute atomic E-state index is 0.0898. The van der Waals surface area contributed by atoms with Crippen molar-refractivity contribution in [1.82, 2.24) is 14.5 Å². The lowest BCUT2D eigenvalue weighted by Crippen LogP contribution is -2.37. The average molecular weight is 510 g/mol. The molecule has 5 rings (SSSR count). The van der Waals surface area contributed by atoms with Gasteiger partial charge in [0.15, 0.2) is 5.16 Å². The van der Waals surface area contributed by atoms with E-state index in [1.807, 2.05) is 64.9 Å². The van der Waals surface area contributed by atoms with Crippen LogP contribution in [0.4, 0.5) is 0 Å². The topological polar surface area (TPSA) is 55.2 Å². The van der Waals surface area contributed by atoms with Gasteiger partial charge < -0.3 is 4.90 Å². The molecular formula is C26H24ClN3O2S2. The summed E-state index contributed by atoms with van der Waals surface area (Å²) >= 11 is 8.87. The van der Waals surface area contributed by atoms with Crippen molar-refractivity contribution in [3.63, 3.8) is 0 Å². The average Bonchev–Trinajstić information content (AvgIpc) is 3.30. The summed E-state index contributed by atoms with van der Waals surface area (Å²) < 4.78 is 1.71. The van der Waals surface area contributed by atoms with Gasteiger partial charge >= 0.3 is 0 Å². The highest BCUT2D eigenvalue weighted by Crippen LogP contribution is 2.33. The zero-order valence-electron chi connectivity index (χ0n) is 18.6. The van der Waals surface area contributed by atoms with E-state index in [1.165, 1.54) is 29.5 Å².